The average Bonchev–Trinajstić information content (AvgIpc) is 4.15. The lowest BCUT2D eigenvalue weighted by molar-refractivity contribution is -0.137. The second-order valence-electron chi connectivity index (χ2n) is 19.5. The van der Waals surface area contributed by atoms with Gasteiger partial charge in [0, 0.05) is 123 Å². The van der Waals surface area contributed by atoms with Crippen LogP contribution in [0.25, 0.3) is 21.7 Å². The lowest BCUT2D eigenvalue weighted by Crippen LogP contribution is -2.56. The summed E-state index contributed by atoms with van der Waals surface area (Å²) in [5, 5.41) is 13.4. The van der Waals surface area contributed by atoms with Crippen LogP contribution in [0.1, 0.15) is 92.1 Å². The number of hydrogen-bond donors (Lipinski definition) is 7. The highest BCUT2D eigenvalue weighted by Crippen LogP contribution is 2.49. The highest BCUT2D eigenvalue weighted by atomic mass is 35.5. The van der Waals surface area contributed by atoms with Crippen LogP contribution in [0.4, 0.5) is 17.1 Å². The molecule has 0 saturated carbocycles. The second-order valence-corrected chi connectivity index (χ2v) is 21.0. The standard InChI is InChI=1S/C55H65ClN9O12P/c1-6-26-63(54(72)43(13-9-23-57-34(4)66)61-52(70)51(33(2)3)59-25-24-58-47(67)14-10-27-64-48(68)21-22-49(64)69)38-17-15-35(16-18-38)53(71)62(5)39-19-20-42-36(28-39)29-44(60-42)55(73)65-32-37(31-56)50-41-12-8-7-11-40(41)46(30-45(50)65)77-78(74,75)76/h7-8,11-12,15-22,28-30,33,37,43,51,59-60H,6,9-10,13-14,23-27,31-32H2,1-5H3,(H,57,66)(H,58,67)(H,61,70)(H2,74,75,76)/t37-,43+,51+/m1/s1. The minimum absolute atomic E-state index is 0.0755. The Morgan fingerprint density at radius 1 is 0.885 bits per heavy atom. The number of phosphoric acid groups is 1. The molecule has 0 aliphatic carbocycles. The zero-order chi connectivity index (χ0) is 56.4. The molecular weight excluding hydrogens is 1050 g/mol. The van der Waals surface area contributed by atoms with E-state index in [1.807, 2.05) is 20.8 Å². The number of hydrogen-bond acceptors (Lipinski definition) is 11. The maximum Gasteiger partial charge on any atom is 0.524 e. The topological polar surface area (TPSA) is 280 Å². The van der Waals surface area contributed by atoms with Crippen molar-refractivity contribution in [1.29, 1.82) is 0 Å². The fourth-order valence-corrected chi connectivity index (χ4v) is 10.3. The first-order valence-electron chi connectivity index (χ1n) is 25.8. The van der Waals surface area contributed by atoms with Crippen molar-refractivity contribution in [2.75, 3.05) is 66.9 Å². The molecule has 4 aromatic carbocycles. The molecule has 2 aliphatic rings. The van der Waals surface area contributed by atoms with Crippen LogP contribution in [-0.2, 0) is 33.3 Å². The molecule has 414 valence electrons. The Labute approximate surface area is 456 Å². The smallest absolute Gasteiger partial charge is 0.404 e. The number of carbonyl (C=O) groups is 8. The van der Waals surface area contributed by atoms with Gasteiger partial charge >= 0.3 is 7.82 Å². The van der Waals surface area contributed by atoms with Crippen molar-refractivity contribution in [2.24, 2.45) is 5.92 Å². The SMILES string of the molecule is CCCN(C(=O)[C@H](CCCNC(C)=O)NC(=O)[C@@H](NCCNC(=O)CCCN1C(=O)C=CC1=O)C(C)C)c1ccc(C(=O)N(C)c2ccc3[nH]c(C(=O)N4C[C@@H](CCl)c5c4cc(OP(=O)(O)O)c4ccccc54)cc3c2)cc1. The number of nitrogens with one attached hydrogen (secondary N) is 5. The summed E-state index contributed by atoms with van der Waals surface area (Å²) in [6.45, 7) is 8.33. The van der Waals surface area contributed by atoms with Crippen molar-refractivity contribution < 1.29 is 57.2 Å². The number of benzene rings is 4. The van der Waals surface area contributed by atoms with Gasteiger partial charge in [0.25, 0.3) is 23.6 Å². The van der Waals surface area contributed by atoms with Crippen molar-refractivity contribution in [3.05, 3.63) is 108 Å². The number of halogens is 1. The Morgan fingerprint density at radius 3 is 2.23 bits per heavy atom. The minimum atomic E-state index is -4.96. The number of amides is 8. The van der Waals surface area contributed by atoms with E-state index in [9.17, 15) is 52.7 Å². The van der Waals surface area contributed by atoms with Crippen molar-refractivity contribution in [2.45, 2.75) is 77.8 Å². The summed E-state index contributed by atoms with van der Waals surface area (Å²) in [6, 6.07) is 20.2. The molecule has 21 nitrogen and oxygen atoms in total. The van der Waals surface area contributed by atoms with Gasteiger partial charge in [0.05, 0.1) is 11.7 Å². The van der Waals surface area contributed by atoms with Crippen molar-refractivity contribution in [1.82, 2.24) is 31.2 Å². The largest absolute Gasteiger partial charge is 0.524 e. The van der Waals surface area contributed by atoms with Crippen LogP contribution in [-0.4, -0.2) is 131 Å². The van der Waals surface area contributed by atoms with E-state index < -0.39 is 43.5 Å². The molecule has 3 atom stereocenters. The molecule has 0 bridgehead atoms. The van der Waals surface area contributed by atoms with Crippen LogP contribution in [0.15, 0.2) is 91.0 Å². The normalized spacial score (nSPS) is 14.9. The van der Waals surface area contributed by atoms with Gasteiger partial charge in [-0.1, -0.05) is 45.0 Å². The van der Waals surface area contributed by atoms with Crippen LogP contribution >= 0.6 is 19.4 Å². The number of carbonyl (C=O) groups excluding carboxylic acids is 8. The van der Waals surface area contributed by atoms with Gasteiger partial charge in [0.15, 0.2) is 0 Å². The first kappa shape index (κ1) is 58.3. The maximum absolute atomic E-state index is 14.5. The highest BCUT2D eigenvalue weighted by Gasteiger charge is 2.37. The number of anilines is 3. The van der Waals surface area contributed by atoms with Gasteiger partial charge < -0.3 is 45.5 Å². The molecular formula is C55H65ClN9O12P. The van der Waals surface area contributed by atoms with Gasteiger partial charge in [0.1, 0.15) is 17.5 Å². The third kappa shape index (κ3) is 14.0. The Balaban J connectivity index is 1.01. The van der Waals surface area contributed by atoms with Gasteiger partial charge in [-0.2, -0.15) is 0 Å². The number of fused-ring (bicyclic) bond motifs is 4. The van der Waals surface area contributed by atoms with Crippen molar-refractivity contribution in [3.8, 4) is 5.75 Å². The fraction of sp³-hybridized carbons (Fsp3) is 0.382. The molecule has 8 amide bonds. The van der Waals surface area contributed by atoms with Crippen LogP contribution in [0.5, 0.6) is 5.75 Å². The Bertz CT molecular complexity index is 3160. The number of aromatic amines is 1. The summed E-state index contributed by atoms with van der Waals surface area (Å²) in [6.07, 6.45) is 3.92. The quantitative estimate of drug-likeness (QED) is 0.0162. The van der Waals surface area contributed by atoms with E-state index in [0.717, 1.165) is 10.5 Å². The van der Waals surface area contributed by atoms with E-state index in [4.69, 9.17) is 16.1 Å². The van der Waals surface area contributed by atoms with E-state index in [-0.39, 0.29) is 98.4 Å². The predicted molar refractivity (Wildman–Crippen MR) is 296 cm³/mol. The van der Waals surface area contributed by atoms with Crippen molar-refractivity contribution >= 4 is 105 Å². The van der Waals surface area contributed by atoms with Crippen LogP contribution in [0.3, 0.4) is 0 Å². The molecule has 0 saturated heterocycles. The van der Waals surface area contributed by atoms with Crippen LogP contribution < -0.4 is 40.5 Å². The summed E-state index contributed by atoms with van der Waals surface area (Å²) >= 11 is 6.45. The van der Waals surface area contributed by atoms with E-state index in [0.29, 0.717) is 70.1 Å². The molecule has 78 heavy (non-hydrogen) atoms. The first-order valence-corrected chi connectivity index (χ1v) is 27.8. The molecule has 5 aromatic rings. The zero-order valence-corrected chi connectivity index (χ0v) is 45.7. The molecule has 0 fully saturated rings. The second kappa shape index (κ2) is 25.8. The molecule has 23 heteroatoms. The Morgan fingerprint density at radius 2 is 1.58 bits per heavy atom. The number of nitrogens with zero attached hydrogens (tertiary/aromatic N) is 4. The van der Waals surface area contributed by atoms with E-state index in [2.05, 4.69) is 26.3 Å². The van der Waals surface area contributed by atoms with Gasteiger partial charge in [-0.25, -0.2) is 4.57 Å². The Hall–Kier alpha value is -7.42. The van der Waals surface area contributed by atoms with Crippen LogP contribution in [0, 0.1) is 5.92 Å². The lowest BCUT2D eigenvalue weighted by Gasteiger charge is -2.30. The number of H-pyrrole nitrogens is 1. The van der Waals surface area contributed by atoms with Crippen LogP contribution in [0.2, 0.25) is 0 Å². The van der Waals surface area contributed by atoms with E-state index in [1.54, 1.807) is 84.7 Å². The minimum Gasteiger partial charge on any atom is -0.404 e. The summed E-state index contributed by atoms with van der Waals surface area (Å²) in [4.78, 5) is 133. The molecule has 0 spiro atoms. The summed E-state index contributed by atoms with van der Waals surface area (Å²) in [5.41, 5.74) is 3.36. The Kier molecular flexibility index (Phi) is 19.3. The average molecular weight is 1110 g/mol. The molecule has 3 heterocycles. The molecule has 0 radical (unpaired) electrons. The van der Waals surface area contributed by atoms with Gasteiger partial charge in [-0.3, -0.25) is 53.0 Å². The third-order valence-electron chi connectivity index (χ3n) is 13.5. The molecule has 7 rings (SSSR count). The number of imide groups is 1. The maximum atomic E-state index is 14.5. The highest BCUT2D eigenvalue weighted by molar-refractivity contribution is 7.46. The van der Waals surface area contributed by atoms with Gasteiger partial charge in [-0.05, 0) is 91.1 Å². The third-order valence-corrected chi connectivity index (χ3v) is 14.4. The number of phosphoric ester groups is 1. The number of rotatable bonds is 25. The van der Waals surface area contributed by atoms with E-state index >= 15 is 0 Å². The molecule has 2 aliphatic heterocycles. The van der Waals surface area contributed by atoms with E-state index in [1.165, 1.54) is 34.9 Å². The monoisotopic (exact) mass is 1110 g/mol. The predicted octanol–water partition coefficient (Wildman–Crippen LogP) is 5.63. The van der Waals surface area contributed by atoms with Gasteiger partial charge in [-0.15, -0.1) is 11.6 Å². The lowest BCUT2D eigenvalue weighted by atomic mass is 9.95. The molecule has 0 unspecified atom stereocenters. The zero-order valence-electron chi connectivity index (χ0n) is 44.0. The summed E-state index contributed by atoms with van der Waals surface area (Å²) in [5.74, 6) is -3.30. The number of aromatic nitrogens is 1. The fourth-order valence-electron chi connectivity index (χ4n) is 9.69. The van der Waals surface area contributed by atoms with Gasteiger partial charge in [0.2, 0.25) is 23.6 Å². The molecule has 7 N–H and O–H groups in total. The van der Waals surface area contributed by atoms with Crippen molar-refractivity contribution in [3.63, 3.8) is 0 Å². The number of alkyl halides is 1. The molecule has 1 aromatic heterocycles. The summed E-state index contributed by atoms with van der Waals surface area (Å²) < 4.78 is 17.1. The first-order chi connectivity index (χ1) is 37.2. The summed E-state index contributed by atoms with van der Waals surface area (Å²) in [7, 11) is -3.34.